The van der Waals surface area contributed by atoms with Crippen molar-refractivity contribution in [2.24, 2.45) is 0 Å². The van der Waals surface area contributed by atoms with Gasteiger partial charge in [-0.3, -0.25) is 4.79 Å². The highest BCUT2D eigenvalue weighted by Crippen LogP contribution is 2.31. The molecule has 0 spiro atoms. The fourth-order valence-electron chi connectivity index (χ4n) is 2.58. The summed E-state index contributed by atoms with van der Waals surface area (Å²) in [6.45, 7) is 4.42. The Hall–Kier alpha value is -2.36. The maximum Gasteiger partial charge on any atom is 0.248 e. The summed E-state index contributed by atoms with van der Waals surface area (Å²) in [5.74, 6) is 1.64. The Morgan fingerprint density at radius 1 is 1.30 bits per heavy atom. The maximum absolute atomic E-state index is 11.7. The minimum Gasteiger partial charge on any atom is -0.314 e. The molecule has 4 nitrogen and oxygen atoms in total. The lowest BCUT2D eigenvalue weighted by Crippen LogP contribution is -2.16. The topological polar surface area (TPSA) is 46.9 Å². The van der Waals surface area contributed by atoms with Crippen LogP contribution in [0.3, 0.4) is 0 Å². The second kappa shape index (κ2) is 5.33. The van der Waals surface area contributed by atoms with Gasteiger partial charge in [-0.15, -0.1) is 0 Å². The molecule has 20 heavy (non-hydrogen) atoms. The van der Waals surface area contributed by atoms with Crippen LogP contribution in [0.5, 0.6) is 0 Å². The normalized spacial score (nSPS) is 13.6. The van der Waals surface area contributed by atoms with Gasteiger partial charge in [0.15, 0.2) is 0 Å². The van der Waals surface area contributed by atoms with E-state index in [2.05, 4.69) is 16.5 Å². The van der Waals surface area contributed by atoms with Crippen LogP contribution in [-0.4, -0.2) is 15.5 Å². The third-order valence-corrected chi connectivity index (χ3v) is 3.55. The molecule has 3 rings (SSSR count). The first-order chi connectivity index (χ1) is 9.79. The van der Waals surface area contributed by atoms with Crippen molar-refractivity contribution >= 4 is 11.7 Å². The predicted octanol–water partition coefficient (Wildman–Crippen LogP) is 3.01. The smallest absolute Gasteiger partial charge is 0.248 e. The van der Waals surface area contributed by atoms with Crippen LogP contribution in [-0.2, 0) is 17.8 Å². The Balaban J connectivity index is 2.10. The Kier molecular flexibility index (Phi) is 3.37. The summed E-state index contributed by atoms with van der Waals surface area (Å²) in [5, 5.41) is 2.91. The molecule has 0 radical (unpaired) electrons. The van der Waals surface area contributed by atoms with E-state index in [-0.39, 0.29) is 5.91 Å². The molecule has 0 bridgehead atoms. The first-order valence-corrected chi connectivity index (χ1v) is 6.88. The van der Waals surface area contributed by atoms with E-state index in [1.165, 1.54) is 6.08 Å². The van der Waals surface area contributed by atoms with Gasteiger partial charge < -0.3 is 9.88 Å². The third-order valence-electron chi connectivity index (χ3n) is 3.55. The van der Waals surface area contributed by atoms with Crippen LogP contribution in [0.25, 0.3) is 11.3 Å². The molecule has 4 heteroatoms. The number of nitrogens with zero attached hydrogens (tertiary/aromatic N) is 2. The Morgan fingerprint density at radius 3 is 2.85 bits per heavy atom. The highest BCUT2D eigenvalue weighted by Gasteiger charge is 2.21. The number of carbonyl (C=O) groups is 1. The van der Waals surface area contributed by atoms with Crippen LogP contribution in [0, 0.1) is 0 Å². The largest absolute Gasteiger partial charge is 0.314 e. The van der Waals surface area contributed by atoms with E-state index < -0.39 is 0 Å². The van der Waals surface area contributed by atoms with Crippen molar-refractivity contribution in [2.75, 3.05) is 5.32 Å². The Morgan fingerprint density at radius 2 is 2.10 bits per heavy atom. The highest BCUT2D eigenvalue weighted by molar-refractivity contribution is 6.00. The molecule has 1 aromatic heterocycles. The van der Waals surface area contributed by atoms with Gasteiger partial charge >= 0.3 is 0 Å². The van der Waals surface area contributed by atoms with Gasteiger partial charge in [0.2, 0.25) is 5.91 Å². The van der Waals surface area contributed by atoms with Crippen LogP contribution in [0.15, 0.2) is 43.0 Å². The number of hydrogen-bond donors (Lipinski definition) is 1. The average Bonchev–Trinajstić information content (AvgIpc) is 2.87. The molecule has 0 atom stereocenters. The molecular weight excluding hydrogens is 250 g/mol. The average molecular weight is 267 g/mol. The number of anilines is 1. The number of nitrogens with one attached hydrogen (secondary N) is 1. The van der Waals surface area contributed by atoms with Crippen molar-refractivity contribution in [1.29, 1.82) is 0 Å². The first-order valence-electron chi connectivity index (χ1n) is 6.88. The van der Waals surface area contributed by atoms with Crippen molar-refractivity contribution in [3.05, 3.63) is 48.8 Å². The number of imidazole rings is 1. The zero-order valence-electron chi connectivity index (χ0n) is 11.3. The number of aryl methyl sites for hydroxylation is 1. The maximum atomic E-state index is 11.7. The summed E-state index contributed by atoms with van der Waals surface area (Å²) in [6.07, 6.45) is 4.52. The number of rotatable bonds is 3. The van der Waals surface area contributed by atoms with Gasteiger partial charge in [0, 0.05) is 18.5 Å². The fourth-order valence-corrected chi connectivity index (χ4v) is 2.58. The van der Waals surface area contributed by atoms with Gasteiger partial charge in [0.1, 0.15) is 17.3 Å². The summed E-state index contributed by atoms with van der Waals surface area (Å²) in [4.78, 5) is 16.4. The zero-order valence-corrected chi connectivity index (χ0v) is 11.3. The molecule has 0 saturated heterocycles. The lowest BCUT2D eigenvalue weighted by molar-refractivity contribution is -0.111. The lowest BCUT2D eigenvalue weighted by Gasteiger charge is -2.16. The lowest BCUT2D eigenvalue weighted by atomic mass is 10.1. The monoisotopic (exact) mass is 267 g/mol. The minimum absolute atomic E-state index is 0.199. The SMILES string of the molecule is C=CC(=O)Nc1c(-c2ccccc2)nc2n1CCCC2. The van der Waals surface area contributed by atoms with E-state index in [0.717, 1.165) is 48.7 Å². The van der Waals surface area contributed by atoms with Crippen LogP contribution >= 0.6 is 0 Å². The van der Waals surface area contributed by atoms with E-state index in [4.69, 9.17) is 4.98 Å². The number of fused-ring (bicyclic) bond motifs is 1. The quantitative estimate of drug-likeness (QED) is 0.869. The van der Waals surface area contributed by atoms with Gasteiger partial charge in [-0.1, -0.05) is 36.9 Å². The molecule has 1 N–H and O–H groups in total. The van der Waals surface area contributed by atoms with Crippen molar-refractivity contribution in [3.63, 3.8) is 0 Å². The standard InChI is InChI=1S/C16H17N3O/c1-2-14(20)18-16-15(12-8-4-3-5-9-12)17-13-10-6-7-11-19(13)16/h2-5,8-9H,1,6-7,10-11H2,(H,18,20). The van der Waals surface area contributed by atoms with Gasteiger partial charge in [0.25, 0.3) is 0 Å². The summed E-state index contributed by atoms with van der Waals surface area (Å²) in [7, 11) is 0. The Bertz CT molecular complexity index is 643. The Labute approximate surface area is 118 Å². The van der Waals surface area contributed by atoms with E-state index in [9.17, 15) is 4.79 Å². The zero-order chi connectivity index (χ0) is 13.9. The number of benzene rings is 1. The molecule has 1 aliphatic heterocycles. The number of aromatic nitrogens is 2. The number of hydrogen-bond acceptors (Lipinski definition) is 2. The molecule has 2 heterocycles. The predicted molar refractivity (Wildman–Crippen MR) is 79.4 cm³/mol. The van der Waals surface area contributed by atoms with E-state index in [1.807, 2.05) is 30.3 Å². The molecule has 1 aromatic carbocycles. The van der Waals surface area contributed by atoms with E-state index in [0.29, 0.717) is 0 Å². The molecule has 2 aromatic rings. The molecule has 0 fully saturated rings. The van der Waals surface area contributed by atoms with Crippen LogP contribution < -0.4 is 5.32 Å². The summed E-state index contributed by atoms with van der Waals surface area (Å²) in [6, 6.07) is 9.96. The van der Waals surface area contributed by atoms with Crippen molar-refractivity contribution in [1.82, 2.24) is 9.55 Å². The van der Waals surface area contributed by atoms with Crippen molar-refractivity contribution < 1.29 is 4.79 Å². The first kappa shape index (κ1) is 12.7. The molecule has 102 valence electrons. The fraction of sp³-hybridized carbons (Fsp3) is 0.250. The van der Waals surface area contributed by atoms with Crippen LogP contribution in [0.4, 0.5) is 5.82 Å². The molecule has 0 saturated carbocycles. The van der Waals surface area contributed by atoms with E-state index >= 15 is 0 Å². The third kappa shape index (κ3) is 2.25. The van der Waals surface area contributed by atoms with Gasteiger partial charge in [0.05, 0.1) is 0 Å². The molecule has 1 amide bonds. The van der Waals surface area contributed by atoms with Gasteiger partial charge in [-0.2, -0.15) is 0 Å². The second-order valence-corrected chi connectivity index (χ2v) is 4.89. The highest BCUT2D eigenvalue weighted by atomic mass is 16.1. The van der Waals surface area contributed by atoms with Crippen LogP contribution in [0.2, 0.25) is 0 Å². The molecule has 0 aliphatic carbocycles. The van der Waals surface area contributed by atoms with E-state index in [1.54, 1.807) is 0 Å². The summed E-state index contributed by atoms with van der Waals surface area (Å²) >= 11 is 0. The molecular formula is C16H17N3O. The van der Waals surface area contributed by atoms with Gasteiger partial charge in [-0.25, -0.2) is 4.98 Å². The second-order valence-electron chi connectivity index (χ2n) is 4.89. The molecule has 0 unspecified atom stereocenters. The number of amides is 1. The van der Waals surface area contributed by atoms with Crippen molar-refractivity contribution in [2.45, 2.75) is 25.8 Å². The summed E-state index contributed by atoms with van der Waals surface area (Å²) in [5.41, 5.74) is 1.87. The van der Waals surface area contributed by atoms with Crippen LogP contribution in [0.1, 0.15) is 18.7 Å². The van der Waals surface area contributed by atoms with Crippen molar-refractivity contribution in [3.8, 4) is 11.3 Å². The summed E-state index contributed by atoms with van der Waals surface area (Å²) < 4.78 is 2.12. The molecule has 1 aliphatic rings. The number of carbonyl (C=O) groups excluding carboxylic acids is 1. The van der Waals surface area contributed by atoms with Gasteiger partial charge in [-0.05, 0) is 18.9 Å². The minimum atomic E-state index is -0.199.